The number of ether oxygens (including phenoxy) is 1. The maximum atomic E-state index is 5.60. The second-order valence-electron chi connectivity index (χ2n) is 3.51. The number of hydrogen-bond donors (Lipinski definition) is 0. The van der Waals surface area contributed by atoms with E-state index in [1.807, 2.05) is 36.9 Å². The Balaban J connectivity index is 2.02. The topological polar surface area (TPSA) is 39.9 Å². The predicted octanol–water partition coefficient (Wildman–Crippen LogP) is 2.47. The van der Waals surface area contributed by atoms with Gasteiger partial charge in [-0.1, -0.05) is 0 Å². The van der Waals surface area contributed by atoms with E-state index in [1.54, 1.807) is 6.20 Å². The average molecular weight is 282 g/mol. The number of nitrogens with zero attached hydrogens (tertiary/aromatic N) is 3. The molecule has 2 rings (SSSR count). The van der Waals surface area contributed by atoms with Crippen molar-refractivity contribution in [3.63, 3.8) is 0 Å². The number of hydrogen-bond acceptors (Lipinski definition) is 3. The van der Waals surface area contributed by atoms with Crippen molar-refractivity contribution in [2.75, 3.05) is 0 Å². The zero-order chi connectivity index (χ0) is 11.5. The fraction of sp³-hybridized carbons (Fsp3) is 0.273. The average Bonchev–Trinajstić information content (AvgIpc) is 2.57. The van der Waals surface area contributed by atoms with Crippen molar-refractivity contribution < 1.29 is 4.74 Å². The number of aromatic nitrogens is 3. The van der Waals surface area contributed by atoms with Crippen molar-refractivity contribution in [3.05, 3.63) is 40.4 Å². The highest BCUT2D eigenvalue weighted by Gasteiger charge is 2.02. The van der Waals surface area contributed by atoms with Gasteiger partial charge in [0.25, 0.3) is 0 Å². The maximum Gasteiger partial charge on any atom is 0.138 e. The molecule has 0 N–H and O–H groups in total. The predicted molar refractivity (Wildman–Crippen MR) is 64.2 cm³/mol. The number of aryl methyl sites for hydroxylation is 2. The fourth-order valence-electron chi connectivity index (χ4n) is 1.40. The molecule has 0 amide bonds. The van der Waals surface area contributed by atoms with Gasteiger partial charge in [-0.05, 0) is 41.1 Å². The van der Waals surface area contributed by atoms with E-state index < -0.39 is 0 Å². The first-order chi connectivity index (χ1) is 7.65. The Bertz CT molecular complexity index is 478. The van der Waals surface area contributed by atoms with Crippen LogP contribution in [-0.4, -0.2) is 14.8 Å². The van der Waals surface area contributed by atoms with Crippen LogP contribution in [0.3, 0.4) is 0 Å². The Kier molecular flexibility index (Phi) is 3.24. The van der Waals surface area contributed by atoms with Gasteiger partial charge < -0.3 is 4.74 Å². The lowest BCUT2D eigenvalue weighted by Gasteiger charge is -2.05. The van der Waals surface area contributed by atoms with E-state index in [2.05, 4.69) is 26.0 Å². The van der Waals surface area contributed by atoms with Crippen molar-refractivity contribution in [2.24, 2.45) is 7.05 Å². The molecule has 0 atom stereocenters. The third kappa shape index (κ3) is 2.61. The van der Waals surface area contributed by atoms with E-state index in [1.165, 1.54) is 0 Å². The van der Waals surface area contributed by atoms with Crippen LogP contribution in [0.4, 0.5) is 0 Å². The van der Waals surface area contributed by atoms with Crippen LogP contribution in [0.5, 0.6) is 5.75 Å². The highest BCUT2D eigenvalue weighted by atomic mass is 79.9. The zero-order valence-electron chi connectivity index (χ0n) is 9.14. The minimum Gasteiger partial charge on any atom is -0.486 e. The lowest BCUT2D eigenvalue weighted by molar-refractivity contribution is 0.293. The molecule has 0 aromatic carbocycles. The van der Waals surface area contributed by atoms with E-state index in [0.717, 1.165) is 21.7 Å². The molecular weight excluding hydrogens is 270 g/mol. The maximum absolute atomic E-state index is 5.60. The van der Waals surface area contributed by atoms with E-state index >= 15 is 0 Å². The molecule has 0 spiro atoms. The first-order valence-electron chi connectivity index (χ1n) is 4.89. The molecule has 0 aliphatic carbocycles. The van der Waals surface area contributed by atoms with E-state index in [4.69, 9.17) is 4.74 Å². The first-order valence-corrected chi connectivity index (χ1v) is 5.68. The molecule has 84 valence electrons. The van der Waals surface area contributed by atoms with Gasteiger partial charge in [-0.25, -0.2) is 4.98 Å². The molecule has 16 heavy (non-hydrogen) atoms. The van der Waals surface area contributed by atoms with Gasteiger partial charge >= 0.3 is 0 Å². The van der Waals surface area contributed by atoms with Gasteiger partial charge in [-0.2, -0.15) is 5.10 Å². The fourth-order valence-corrected chi connectivity index (χ4v) is 1.64. The smallest absolute Gasteiger partial charge is 0.138 e. The standard InChI is InChI=1S/C11H12BrN3O/c1-8-5-9(15(2)14-8)7-16-10-3-4-11(12)13-6-10/h3-6H,7H2,1-2H3. The van der Waals surface area contributed by atoms with Crippen LogP contribution in [0, 0.1) is 6.92 Å². The van der Waals surface area contributed by atoms with Gasteiger partial charge in [-0.3, -0.25) is 4.68 Å². The molecule has 2 aromatic rings. The van der Waals surface area contributed by atoms with Gasteiger partial charge in [-0.15, -0.1) is 0 Å². The van der Waals surface area contributed by atoms with Gasteiger partial charge in [0.05, 0.1) is 17.6 Å². The Morgan fingerprint density at radius 1 is 1.44 bits per heavy atom. The summed E-state index contributed by atoms with van der Waals surface area (Å²) in [4.78, 5) is 4.09. The molecular formula is C11H12BrN3O. The first kappa shape index (κ1) is 11.1. The molecule has 5 heteroatoms. The van der Waals surface area contributed by atoms with Crippen molar-refractivity contribution in [2.45, 2.75) is 13.5 Å². The molecule has 0 bridgehead atoms. The second-order valence-corrected chi connectivity index (χ2v) is 4.32. The van der Waals surface area contributed by atoms with Crippen LogP contribution < -0.4 is 4.74 Å². The summed E-state index contributed by atoms with van der Waals surface area (Å²) in [5, 5.41) is 4.25. The molecule has 2 aromatic heterocycles. The minimum absolute atomic E-state index is 0.501. The lowest BCUT2D eigenvalue weighted by Crippen LogP contribution is -2.03. The van der Waals surface area contributed by atoms with Crippen LogP contribution in [0.1, 0.15) is 11.4 Å². The Morgan fingerprint density at radius 3 is 2.81 bits per heavy atom. The van der Waals surface area contributed by atoms with Crippen molar-refractivity contribution in [1.29, 1.82) is 0 Å². The summed E-state index contributed by atoms with van der Waals surface area (Å²) in [6.07, 6.45) is 1.69. The van der Waals surface area contributed by atoms with Gasteiger partial charge in [0.2, 0.25) is 0 Å². The summed E-state index contributed by atoms with van der Waals surface area (Å²) >= 11 is 3.28. The summed E-state index contributed by atoms with van der Waals surface area (Å²) in [6, 6.07) is 5.73. The molecule has 0 radical (unpaired) electrons. The van der Waals surface area contributed by atoms with Crippen LogP contribution in [-0.2, 0) is 13.7 Å². The molecule has 0 saturated heterocycles. The number of pyridine rings is 1. The molecule has 0 unspecified atom stereocenters. The van der Waals surface area contributed by atoms with E-state index in [-0.39, 0.29) is 0 Å². The molecule has 0 fully saturated rings. The molecule has 4 nitrogen and oxygen atoms in total. The summed E-state index contributed by atoms with van der Waals surface area (Å²) in [7, 11) is 1.91. The number of rotatable bonds is 3. The summed E-state index contributed by atoms with van der Waals surface area (Å²) in [6.45, 7) is 2.46. The van der Waals surface area contributed by atoms with Gasteiger partial charge in [0, 0.05) is 7.05 Å². The van der Waals surface area contributed by atoms with E-state index in [9.17, 15) is 0 Å². The van der Waals surface area contributed by atoms with Crippen LogP contribution in [0.25, 0.3) is 0 Å². The van der Waals surface area contributed by atoms with Crippen LogP contribution in [0.2, 0.25) is 0 Å². The van der Waals surface area contributed by atoms with Crippen LogP contribution >= 0.6 is 15.9 Å². The largest absolute Gasteiger partial charge is 0.486 e. The molecule has 0 aliphatic rings. The van der Waals surface area contributed by atoms with Gasteiger partial charge in [0.1, 0.15) is 17.0 Å². The zero-order valence-corrected chi connectivity index (χ0v) is 10.7. The molecule has 0 saturated carbocycles. The van der Waals surface area contributed by atoms with Crippen LogP contribution in [0.15, 0.2) is 29.0 Å². The Morgan fingerprint density at radius 2 is 2.25 bits per heavy atom. The van der Waals surface area contributed by atoms with Crippen molar-refractivity contribution in [1.82, 2.24) is 14.8 Å². The lowest BCUT2D eigenvalue weighted by atomic mass is 10.4. The SMILES string of the molecule is Cc1cc(COc2ccc(Br)nc2)n(C)n1. The summed E-state index contributed by atoms with van der Waals surface area (Å²) < 4.78 is 8.22. The van der Waals surface area contributed by atoms with Gasteiger partial charge in [0.15, 0.2) is 0 Å². The quantitative estimate of drug-likeness (QED) is 0.812. The van der Waals surface area contributed by atoms with Crippen molar-refractivity contribution >= 4 is 15.9 Å². The summed E-state index contributed by atoms with van der Waals surface area (Å²) in [5.74, 6) is 0.752. The summed E-state index contributed by atoms with van der Waals surface area (Å²) in [5.41, 5.74) is 2.04. The highest BCUT2D eigenvalue weighted by molar-refractivity contribution is 9.10. The highest BCUT2D eigenvalue weighted by Crippen LogP contribution is 2.14. The normalized spacial score (nSPS) is 10.4. The third-order valence-electron chi connectivity index (χ3n) is 2.19. The Labute approximate surface area is 102 Å². The molecule has 0 aliphatic heterocycles. The number of halogens is 1. The molecule has 2 heterocycles. The minimum atomic E-state index is 0.501. The monoisotopic (exact) mass is 281 g/mol. The van der Waals surface area contributed by atoms with E-state index in [0.29, 0.717) is 6.61 Å². The van der Waals surface area contributed by atoms with Crippen molar-refractivity contribution in [3.8, 4) is 5.75 Å². The Hall–Kier alpha value is -1.36. The second kappa shape index (κ2) is 4.65. The third-order valence-corrected chi connectivity index (χ3v) is 2.65.